The Morgan fingerprint density at radius 3 is 2.17 bits per heavy atom. The average molecular weight is 410 g/mol. The molecule has 0 saturated carbocycles. The number of rotatable bonds is 7. The molecule has 0 bridgehead atoms. The van der Waals surface area contributed by atoms with Crippen molar-refractivity contribution in [2.45, 2.75) is 20.4 Å². The highest BCUT2D eigenvalue weighted by atomic mass is 19.2. The Labute approximate surface area is 164 Å². The molecule has 0 radical (unpaired) electrons. The Bertz CT molecular complexity index is 1040. The van der Waals surface area contributed by atoms with E-state index in [0.29, 0.717) is 17.4 Å². The number of aromatic nitrogens is 2. The summed E-state index contributed by atoms with van der Waals surface area (Å²) >= 11 is 0. The van der Waals surface area contributed by atoms with E-state index in [0.717, 1.165) is 19.6 Å². The number of nitrogens with zero attached hydrogens (tertiary/aromatic N) is 4. The molecule has 1 aromatic carbocycles. The molecular weight excluding hydrogens is 390 g/mol. The van der Waals surface area contributed by atoms with E-state index < -0.39 is 29.2 Å². The van der Waals surface area contributed by atoms with Crippen LogP contribution >= 0.6 is 0 Å². The van der Waals surface area contributed by atoms with Crippen molar-refractivity contribution in [1.29, 1.82) is 0 Å². The second kappa shape index (κ2) is 8.56. The summed E-state index contributed by atoms with van der Waals surface area (Å²) in [6.07, 6.45) is 0. The van der Waals surface area contributed by atoms with E-state index in [1.165, 1.54) is 4.90 Å². The maximum atomic E-state index is 13.8. The van der Waals surface area contributed by atoms with Crippen LogP contribution in [0.1, 0.15) is 13.8 Å². The highest BCUT2D eigenvalue weighted by molar-refractivity contribution is 5.95. The normalized spacial score (nSPS) is 12.0. The molecular formula is C19H20F4N5O+. The Morgan fingerprint density at radius 1 is 0.966 bits per heavy atom. The molecule has 3 rings (SSSR count). The molecule has 0 aliphatic carbocycles. The highest BCUT2D eigenvalue weighted by Gasteiger charge is 2.22. The molecule has 2 N–H and O–H groups in total. The first kappa shape index (κ1) is 20.7. The first-order chi connectivity index (χ1) is 13.9. The van der Waals surface area contributed by atoms with Crippen molar-refractivity contribution in [3.05, 3.63) is 47.8 Å². The van der Waals surface area contributed by atoms with Gasteiger partial charge in [-0.15, -0.1) is 10.2 Å². The summed E-state index contributed by atoms with van der Waals surface area (Å²) in [5.74, 6) is -7.43. The topological polar surface area (TPSA) is 67.2 Å². The van der Waals surface area contributed by atoms with Gasteiger partial charge < -0.3 is 14.6 Å². The second-order valence-electron chi connectivity index (χ2n) is 6.42. The molecule has 0 amide bonds. The summed E-state index contributed by atoms with van der Waals surface area (Å²) in [6, 6.07) is 6.90. The van der Waals surface area contributed by atoms with Gasteiger partial charge in [0.1, 0.15) is 0 Å². The predicted molar refractivity (Wildman–Crippen MR) is 98.8 cm³/mol. The zero-order valence-electron chi connectivity index (χ0n) is 15.9. The number of quaternary nitrogens is 1. The van der Waals surface area contributed by atoms with Crippen LogP contribution in [0.2, 0.25) is 0 Å². The number of hydrogen-bond donors (Lipinski definition) is 2. The number of fused-ring (bicyclic) bond motifs is 1. The van der Waals surface area contributed by atoms with Crippen LogP contribution in [0, 0.1) is 23.5 Å². The van der Waals surface area contributed by atoms with Gasteiger partial charge in [-0.2, -0.15) is 22.5 Å². The van der Waals surface area contributed by atoms with Gasteiger partial charge in [-0.1, -0.05) is 18.2 Å². The molecule has 0 saturated heterocycles. The zero-order valence-corrected chi connectivity index (χ0v) is 15.9. The van der Waals surface area contributed by atoms with Crippen LogP contribution in [0.3, 0.4) is 0 Å². The van der Waals surface area contributed by atoms with Crippen molar-refractivity contribution < 1.29 is 27.6 Å². The summed E-state index contributed by atoms with van der Waals surface area (Å²) in [4.78, 5) is 3.79. The minimum absolute atomic E-state index is 0.0495. The van der Waals surface area contributed by atoms with Crippen molar-refractivity contribution >= 4 is 22.3 Å². The van der Waals surface area contributed by atoms with E-state index in [1.807, 2.05) is 0 Å². The average Bonchev–Trinajstić information content (AvgIpc) is 2.98. The van der Waals surface area contributed by atoms with Crippen LogP contribution in [0.15, 0.2) is 34.5 Å². The number of pyridine rings is 1. The second-order valence-corrected chi connectivity index (χ2v) is 6.42. The molecule has 154 valence electrons. The van der Waals surface area contributed by atoms with Crippen LogP contribution < -0.4 is 4.90 Å². The fraction of sp³-hybridized carbons (Fsp3) is 0.316. The highest BCUT2D eigenvalue weighted by Crippen LogP contribution is 2.39. The summed E-state index contributed by atoms with van der Waals surface area (Å²) in [6.45, 7) is 7.16. The molecule has 0 spiro atoms. The van der Waals surface area contributed by atoms with Gasteiger partial charge in [-0.3, -0.25) is 0 Å². The molecule has 0 fully saturated rings. The van der Waals surface area contributed by atoms with Crippen LogP contribution in [0.25, 0.3) is 10.9 Å². The van der Waals surface area contributed by atoms with E-state index >= 15 is 0 Å². The minimum Gasteiger partial charge on any atom is -0.493 e. The minimum atomic E-state index is -1.83. The van der Waals surface area contributed by atoms with E-state index in [9.17, 15) is 22.7 Å². The van der Waals surface area contributed by atoms with Gasteiger partial charge in [0.25, 0.3) is 11.9 Å². The van der Waals surface area contributed by atoms with E-state index in [-0.39, 0.29) is 11.6 Å². The van der Waals surface area contributed by atoms with Crippen LogP contribution in [0.5, 0.6) is 5.88 Å². The third kappa shape index (κ3) is 3.93. The Hall–Kier alpha value is -3.01. The smallest absolute Gasteiger partial charge is 0.254 e. The molecule has 0 unspecified atom stereocenters. The van der Waals surface area contributed by atoms with E-state index in [1.54, 1.807) is 28.8 Å². The van der Waals surface area contributed by atoms with Gasteiger partial charge in [0.2, 0.25) is 17.5 Å². The van der Waals surface area contributed by atoms with Crippen molar-refractivity contribution in [3.63, 3.8) is 0 Å². The Kier molecular flexibility index (Phi) is 6.12. The van der Waals surface area contributed by atoms with Gasteiger partial charge in [-0.05, 0) is 19.9 Å². The van der Waals surface area contributed by atoms with Crippen molar-refractivity contribution in [2.24, 2.45) is 10.2 Å². The Balaban J connectivity index is 2.05. The first-order valence-corrected chi connectivity index (χ1v) is 9.14. The van der Waals surface area contributed by atoms with Crippen LogP contribution in [-0.2, 0) is 6.54 Å². The molecule has 2 heterocycles. The number of hydrogen-bond acceptors (Lipinski definition) is 4. The standard InChI is InChI=1S/C19H19F4N5O/c1-3-27(4-2)9-10-28-12-8-6-5-7-11(12)15(19(28)29)25-26-16-13(20)17(22)24-18(23)14(16)21/h5-8,29H,3-4,9-10H2,1-2H3/p+1. The monoisotopic (exact) mass is 410 g/mol. The van der Waals surface area contributed by atoms with Gasteiger partial charge >= 0.3 is 0 Å². The third-order valence-electron chi connectivity index (χ3n) is 4.83. The maximum Gasteiger partial charge on any atom is 0.254 e. The van der Waals surface area contributed by atoms with Gasteiger partial charge in [-0.25, -0.2) is 0 Å². The number of benzene rings is 1. The first-order valence-electron chi connectivity index (χ1n) is 9.14. The van der Waals surface area contributed by atoms with E-state index in [2.05, 4.69) is 29.1 Å². The molecule has 2 aromatic heterocycles. The quantitative estimate of drug-likeness (QED) is 0.355. The molecule has 6 nitrogen and oxygen atoms in total. The molecule has 0 aliphatic rings. The lowest BCUT2D eigenvalue weighted by atomic mass is 10.2. The van der Waals surface area contributed by atoms with Crippen molar-refractivity contribution in [1.82, 2.24) is 9.55 Å². The summed E-state index contributed by atoms with van der Waals surface area (Å²) in [7, 11) is 0. The lowest BCUT2D eigenvalue weighted by Crippen LogP contribution is -3.11. The fourth-order valence-electron chi connectivity index (χ4n) is 3.13. The van der Waals surface area contributed by atoms with Crippen molar-refractivity contribution in [2.75, 3.05) is 19.6 Å². The van der Waals surface area contributed by atoms with E-state index in [4.69, 9.17) is 0 Å². The number of azo groups is 1. The largest absolute Gasteiger partial charge is 0.493 e. The molecule has 3 aromatic rings. The number of halogens is 4. The molecule has 0 atom stereocenters. The SMILES string of the molecule is CC[NH+](CC)CCn1c(O)c(N=Nc2c(F)c(F)nc(F)c2F)c2ccccc21. The number of para-hydroxylation sites is 1. The number of likely N-dealkylation sites (N-methyl/N-ethyl adjacent to an activating group) is 1. The van der Waals surface area contributed by atoms with Gasteiger partial charge in [0.15, 0.2) is 11.4 Å². The third-order valence-corrected chi connectivity index (χ3v) is 4.83. The predicted octanol–water partition coefficient (Wildman–Crippen LogP) is 3.64. The number of nitrogens with one attached hydrogen (secondary N) is 1. The summed E-state index contributed by atoms with van der Waals surface area (Å²) in [5, 5.41) is 18.2. The summed E-state index contributed by atoms with van der Waals surface area (Å²) in [5.41, 5.74) is -0.649. The van der Waals surface area contributed by atoms with Crippen LogP contribution in [-0.4, -0.2) is 34.3 Å². The molecule has 10 heteroatoms. The van der Waals surface area contributed by atoms with Crippen molar-refractivity contribution in [3.8, 4) is 5.88 Å². The Morgan fingerprint density at radius 2 is 1.55 bits per heavy atom. The number of aromatic hydroxyl groups is 1. The zero-order chi connectivity index (χ0) is 21.1. The lowest BCUT2D eigenvalue weighted by molar-refractivity contribution is -0.897. The lowest BCUT2D eigenvalue weighted by Gasteiger charge is -2.16. The maximum absolute atomic E-state index is 13.8. The molecule has 29 heavy (non-hydrogen) atoms. The van der Waals surface area contributed by atoms with Gasteiger partial charge in [0.05, 0.1) is 31.7 Å². The fourth-order valence-corrected chi connectivity index (χ4v) is 3.13. The summed E-state index contributed by atoms with van der Waals surface area (Å²) < 4.78 is 55.7. The van der Waals surface area contributed by atoms with Crippen LogP contribution in [0.4, 0.5) is 28.9 Å². The molecule has 0 aliphatic heterocycles. The van der Waals surface area contributed by atoms with Gasteiger partial charge in [0, 0.05) is 5.39 Å².